The first kappa shape index (κ1) is 17.1. The van der Waals surface area contributed by atoms with Gasteiger partial charge in [0.25, 0.3) is 5.69 Å². The zero-order valence-corrected chi connectivity index (χ0v) is 11.9. The van der Waals surface area contributed by atoms with Gasteiger partial charge in [-0.25, -0.2) is 0 Å². The molecule has 0 saturated heterocycles. The molecule has 0 unspecified atom stereocenters. The third-order valence-electron chi connectivity index (χ3n) is 2.12. The Labute approximate surface area is 124 Å². The fourth-order valence-corrected chi connectivity index (χ4v) is 2.11. The van der Waals surface area contributed by atoms with Gasteiger partial charge in [0, 0.05) is 13.0 Å². The summed E-state index contributed by atoms with van der Waals surface area (Å²) in [6, 6.07) is 5.94. The Morgan fingerprint density at radius 1 is 1.45 bits per heavy atom. The molecule has 0 aliphatic carbocycles. The molecule has 0 aromatic heterocycles. The molecule has 0 amide bonds. The lowest BCUT2D eigenvalue weighted by atomic mass is 10.3. The van der Waals surface area contributed by atoms with Crippen LogP contribution >= 0.6 is 0 Å². The highest BCUT2D eigenvalue weighted by Crippen LogP contribution is 2.24. The molecule has 0 aliphatic heterocycles. The molecule has 0 fully saturated rings. The molecule has 0 radical (unpaired) electrons. The van der Waals surface area contributed by atoms with Crippen molar-refractivity contribution in [1.82, 2.24) is 0 Å². The van der Waals surface area contributed by atoms with Crippen LogP contribution in [0, 0.1) is 21.4 Å². The fraction of sp³-hybridized carbons (Fsp3) is 0.182. The summed E-state index contributed by atoms with van der Waals surface area (Å²) in [5.74, 6) is -0.704. The number of nitrogens with zero attached hydrogens (tertiary/aromatic N) is 3. The number of nitro benzene ring substituents is 1. The van der Waals surface area contributed by atoms with Gasteiger partial charge in [0.05, 0.1) is 4.92 Å². The number of nitro groups is 1. The Morgan fingerprint density at radius 3 is 2.64 bits per heavy atom. The molecule has 0 bridgehead atoms. The molecule has 22 heavy (non-hydrogen) atoms. The molecule has 1 aromatic rings. The highest BCUT2D eigenvalue weighted by atomic mass is 32.2. The molecule has 116 valence electrons. The Morgan fingerprint density at radius 2 is 2.09 bits per heavy atom. The van der Waals surface area contributed by atoms with E-state index in [2.05, 4.69) is 14.2 Å². The normalized spacial score (nSPS) is 11.4. The topological polar surface area (TPSA) is 149 Å². The lowest BCUT2D eigenvalue weighted by Gasteiger charge is -2.03. The van der Waals surface area contributed by atoms with Crippen molar-refractivity contribution in [1.29, 1.82) is 5.26 Å². The number of benzene rings is 1. The first-order chi connectivity index (χ1) is 10.3. The number of carbonyl (C=O) groups is 1. The zero-order valence-electron chi connectivity index (χ0n) is 11.1. The predicted molar refractivity (Wildman–Crippen MR) is 71.0 cm³/mol. The van der Waals surface area contributed by atoms with Gasteiger partial charge in [-0.3, -0.25) is 19.2 Å². The lowest BCUT2D eigenvalue weighted by molar-refractivity contribution is -0.387. The minimum Gasteiger partial charge on any atom is -0.458 e. The second-order valence-corrected chi connectivity index (χ2v) is 5.18. The fourth-order valence-electron chi connectivity index (χ4n) is 1.20. The average molecular weight is 327 g/mol. The van der Waals surface area contributed by atoms with Crippen LogP contribution in [-0.2, 0) is 23.9 Å². The van der Waals surface area contributed by atoms with Gasteiger partial charge >= 0.3 is 16.1 Å². The highest BCUT2D eigenvalue weighted by Gasteiger charge is 2.27. The van der Waals surface area contributed by atoms with Crippen molar-refractivity contribution >= 4 is 27.5 Å². The van der Waals surface area contributed by atoms with Crippen LogP contribution in [-0.4, -0.2) is 31.6 Å². The maximum absolute atomic E-state index is 11.9. The number of rotatable bonds is 6. The number of esters is 1. The molecule has 1 aromatic carbocycles. The highest BCUT2D eigenvalue weighted by molar-refractivity contribution is 7.86. The van der Waals surface area contributed by atoms with Gasteiger partial charge in [-0.1, -0.05) is 17.3 Å². The molecular weight excluding hydrogens is 318 g/mol. The predicted octanol–water partition coefficient (Wildman–Crippen LogP) is 0.743. The summed E-state index contributed by atoms with van der Waals surface area (Å²) in [6.45, 7) is 0.498. The minimum absolute atomic E-state index is 0.530. The quantitative estimate of drug-likeness (QED) is 0.321. The third-order valence-corrected chi connectivity index (χ3v) is 3.27. The maximum atomic E-state index is 11.9. The van der Waals surface area contributed by atoms with E-state index in [4.69, 9.17) is 5.26 Å². The smallest absolute Gasteiger partial charge is 0.365 e. The minimum atomic E-state index is -4.60. The van der Waals surface area contributed by atoms with Crippen LogP contribution in [0.1, 0.15) is 6.92 Å². The molecule has 0 atom stereocenters. The van der Waals surface area contributed by atoms with Crippen molar-refractivity contribution in [2.75, 3.05) is 6.61 Å². The number of oxime groups is 1. The Bertz CT molecular complexity index is 764. The average Bonchev–Trinajstić information content (AvgIpc) is 2.47. The van der Waals surface area contributed by atoms with Crippen molar-refractivity contribution in [3.63, 3.8) is 0 Å². The second kappa shape index (κ2) is 7.14. The number of carbonyl (C=O) groups excluding carboxylic acids is 1. The maximum Gasteiger partial charge on any atom is 0.365 e. The Balaban J connectivity index is 3.04. The van der Waals surface area contributed by atoms with Gasteiger partial charge in [0.15, 0.2) is 10.6 Å². The summed E-state index contributed by atoms with van der Waals surface area (Å²) < 4.78 is 32.4. The van der Waals surface area contributed by atoms with E-state index in [1.807, 2.05) is 0 Å². The van der Waals surface area contributed by atoms with Crippen LogP contribution in [0.2, 0.25) is 0 Å². The summed E-state index contributed by atoms with van der Waals surface area (Å²) in [7, 11) is -4.60. The number of para-hydroxylation sites is 1. The van der Waals surface area contributed by atoms with E-state index in [1.54, 1.807) is 0 Å². The van der Waals surface area contributed by atoms with Crippen LogP contribution in [0.25, 0.3) is 0 Å². The number of nitriles is 1. The first-order valence-electron chi connectivity index (χ1n) is 5.55. The van der Waals surface area contributed by atoms with Crippen LogP contribution in [0.5, 0.6) is 0 Å². The monoisotopic (exact) mass is 327 g/mol. The van der Waals surface area contributed by atoms with E-state index in [0.29, 0.717) is 0 Å². The van der Waals surface area contributed by atoms with Crippen molar-refractivity contribution in [2.45, 2.75) is 11.8 Å². The number of hydrogen-bond acceptors (Lipinski definition) is 9. The molecule has 1 rings (SSSR count). The summed E-state index contributed by atoms with van der Waals surface area (Å²) in [6.07, 6.45) is 0. The molecular formula is C11H9N3O7S. The number of hydrogen-bond donors (Lipinski definition) is 0. The van der Waals surface area contributed by atoms with Crippen molar-refractivity contribution in [2.24, 2.45) is 5.16 Å². The van der Waals surface area contributed by atoms with Gasteiger partial charge < -0.3 is 4.74 Å². The molecule has 0 heterocycles. The van der Waals surface area contributed by atoms with E-state index >= 15 is 0 Å². The Kier molecular flexibility index (Phi) is 5.53. The van der Waals surface area contributed by atoms with Crippen molar-refractivity contribution in [3.8, 4) is 6.07 Å². The first-order valence-corrected chi connectivity index (χ1v) is 6.96. The molecule has 0 saturated carbocycles. The SMILES string of the molecule is CC(=O)OCC(C#N)=NOS(=O)(=O)c1ccccc1[N+](=O)[O-]. The van der Waals surface area contributed by atoms with Gasteiger partial charge in [-0.05, 0) is 6.07 Å². The van der Waals surface area contributed by atoms with E-state index in [0.717, 1.165) is 19.1 Å². The largest absolute Gasteiger partial charge is 0.458 e. The van der Waals surface area contributed by atoms with Crippen LogP contribution in [0.15, 0.2) is 34.3 Å². The van der Waals surface area contributed by atoms with Gasteiger partial charge in [0.1, 0.15) is 12.7 Å². The van der Waals surface area contributed by atoms with Gasteiger partial charge in [-0.2, -0.15) is 13.7 Å². The summed E-state index contributed by atoms with van der Waals surface area (Å²) in [5.41, 5.74) is -1.23. The van der Waals surface area contributed by atoms with E-state index in [1.165, 1.54) is 18.2 Å². The van der Waals surface area contributed by atoms with E-state index < -0.39 is 43.9 Å². The zero-order chi connectivity index (χ0) is 16.8. The number of ether oxygens (including phenoxy) is 1. The molecule has 10 nitrogen and oxygen atoms in total. The van der Waals surface area contributed by atoms with E-state index in [9.17, 15) is 23.3 Å². The van der Waals surface area contributed by atoms with Crippen molar-refractivity contribution < 1.29 is 27.2 Å². The molecule has 0 aliphatic rings. The molecule has 11 heteroatoms. The van der Waals surface area contributed by atoms with Crippen LogP contribution in [0.3, 0.4) is 0 Å². The van der Waals surface area contributed by atoms with Crippen molar-refractivity contribution in [3.05, 3.63) is 34.4 Å². The standard InChI is InChI=1S/C11H9N3O7S/c1-8(15)20-7-9(6-12)13-21-22(18,19)11-5-3-2-4-10(11)14(16)17/h2-5H,7H2,1H3. The molecule has 0 N–H and O–H groups in total. The van der Waals surface area contributed by atoms with Gasteiger partial charge in [0.2, 0.25) is 0 Å². The lowest BCUT2D eigenvalue weighted by Crippen LogP contribution is -2.12. The van der Waals surface area contributed by atoms with E-state index in [-0.39, 0.29) is 0 Å². The second-order valence-electron chi connectivity index (χ2n) is 3.68. The van der Waals surface area contributed by atoms with Gasteiger partial charge in [-0.15, -0.1) is 0 Å². The van der Waals surface area contributed by atoms with Crippen LogP contribution < -0.4 is 0 Å². The van der Waals surface area contributed by atoms with Crippen LogP contribution in [0.4, 0.5) is 5.69 Å². The summed E-state index contributed by atoms with van der Waals surface area (Å²) in [4.78, 5) is 19.8. The molecule has 0 spiro atoms. The third kappa shape index (κ3) is 4.53. The summed E-state index contributed by atoms with van der Waals surface area (Å²) in [5, 5.41) is 22.5. The Hall–Kier alpha value is -3.00. The summed E-state index contributed by atoms with van der Waals surface area (Å²) >= 11 is 0.